The number of rotatable bonds is 6. The van der Waals surface area contributed by atoms with Gasteiger partial charge >= 0.3 is 0 Å². The van der Waals surface area contributed by atoms with Crippen molar-refractivity contribution >= 4 is 0 Å². The minimum absolute atomic E-state index is 0.351. The Morgan fingerprint density at radius 2 is 2.00 bits per heavy atom. The van der Waals surface area contributed by atoms with E-state index < -0.39 is 0 Å². The first-order valence-corrected chi connectivity index (χ1v) is 7.93. The number of hydrogen-bond donors (Lipinski definition) is 1. The molecule has 2 heterocycles. The summed E-state index contributed by atoms with van der Waals surface area (Å²) in [6.07, 6.45) is 3.75. The zero-order valence-corrected chi connectivity index (χ0v) is 12.8. The molecule has 1 N–H and O–H groups in total. The molecule has 0 bridgehead atoms. The SMILES string of the molecule is CCCNCC1(CN2CCN(C)CC2)CCCOC1. The monoisotopic (exact) mass is 269 g/mol. The van der Waals surface area contributed by atoms with E-state index in [-0.39, 0.29) is 0 Å². The quantitative estimate of drug-likeness (QED) is 0.729. The van der Waals surface area contributed by atoms with E-state index in [4.69, 9.17) is 4.74 Å². The van der Waals surface area contributed by atoms with Gasteiger partial charge < -0.3 is 19.9 Å². The van der Waals surface area contributed by atoms with Gasteiger partial charge in [-0.1, -0.05) is 6.92 Å². The zero-order chi connectivity index (χ0) is 13.6. The molecule has 4 heteroatoms. The van der Waals surface area contributed by atoms with Gasteiger partial charge in [-0.25, -0.2) is 0 Å². The summed E-state index contributed by atoms with van der Waals surface area (Å²) in [4.78, 5) is 5.07. The fraction of sp³-hybridized carbons (Fsp3) is 1.00. The largest absolute Gasteiger partial charge is 0.381 e. The average molecular weight is 269 g/mol. The Bertz CT molecular complexity index is 246. The van der Waals surface area contributed by atoms with Gasteiger partial charge in [-0.3, -0.25) is 0 Å². The first-order valence-electron chi connectivity index (χ1n) is 7.93. The average Bonchev–Trinajstić information content (AvgIpc) is 2.43. The molecule has 0 radical (unpaired) electrons. The summed E-state index contributed by atoms with van der Waals surface area (Å²) in [5.74, 6) is 0. The van der Waals surface area contributed by atoms with Crippen molar-refractivity contribution in [1.29, 1.82) is 0 Å². The fourth-order valence-corrected chi connectivity index (χ4v) is 3.24. The first kappa shape index (κ1) is 15.2. The van der Waals surface area contributed by atoms with Crippen LogP contribution >= 0.6 is 0 Å². The van der Waals surface area contributed by atoms with Crippen molar-refractivity contribution in [2.75, 3.05) is 66.1 Å². The van der Waals surface area contributed by atoms with Gasteiger partial charge in [-0.2, -0.15) is 0 Å². The van der Waals surface area contributed by atoms with E-state index in [0.29, 0.717) is 5.41 Å². The van der Waals surface area contributed by atoms with Gasteiger partial charge in [0, 0.05) is 51.3 Å². The fourth-order valence-electron chi connectivity index (χ4n) is 3.24. The summed E-state index contributed by atoms with van der Waals surface area (Å²) >= 11 is 0. The Hall–Kier alpha value is -0.160. The van der Waals surface area contributed by atoms with Crippen LogP contribution in [0.1, 0.15) is 26.2 Å². The van der Waals surface area contributed by atoms with Gasteiger partial charge in [-0.15, -0.1) is 0 Å². The molecule has 19 heavy (non-hydrogen) atoms. The molecule has 2 aliphatic rings. The zero-order valence-electron chi connectivity index (χ0n) is 12.8. The molecule has 0 aromatic heterocycles. The predicted octanol–water partition coefficient (Wildman–Crippen LogP) is 1.03. The van der Waals surface area contributed by atoms with Gasteiger partial charge in [0.1, 0.15) is 0 Å². The molecule has 4 nitrogen and oxygen atoms in total. The third-order valence-electron chi connectivity index (χ3n) is 4.49. The molecule has 0 aromatic carbocycles. The van der Waals surface area contributed by atoms with E-state index in [9.17, 15) is 0 Å². The molecule has 0 spiro atoms. The number of nitrogens with one attached hydrogen (secondary N) is 1. The van der Waals surface area contributed by atoms with Crippen LogP contribution in [0.15, 0.2) is 0 Å². The first-order chi connectivity index (χ1) is 9.24. The maximum absolute atomic E-state index is 5.80. The van der Waals surface area contributed by atoms with E-state index in [0.717, 1.165) is 26.3 Å². The summed E-state index contributed by atoms with van der Waals surface area (Å²) in [6, 6.07) is 0. The van der Waals surface area contributed by atoms with Gasteiger partial charge in [0.15, 0.2) is 0 Å². The second-order valence-electron chi connectivity index (χ2n) is 6.41. The second kappa shape index (κ2) is 7.58. The number of hydrogen-bond acceptors (Lipinski definition) is 4. The standard InChI is InChI=1S/C15H31N3O/c1-3-6-16-12-15(5-4-11-19-14-15)13-18-9-7-17(2)8-10-18/h16H,3-14H2,1-2H3. The highest BCUT2D eigenvalue weighted by atomic mass is 16.5. The second-order valence-corrected chi connectivity index (χ2v) is 6.41. The minimum Gasteiger partial charge on any atom is -0.381 e. The molecular formula is C15H31N3O. The third-order valence-corrected chi connectivity index (χ3v) is 4.49. The molecule has 1 atom stereocenters. The van der Waals surface area contributed by atoms with Gasteiger partial charge in [0.05, 0.1) is 6.61 Å². The van der Waals surface area contributed by atoms with Crippen molar-refractivity contribution in [1.82, 2.24) is 15.1 Å². The Morgan fingerprint density at radius 3 is 2.63 bits per heavy atom. The maximum atomic E-state index is 5.80. The van der Waals surface area contributed by atoms with Crippen LogP contribution in [-0.2, 0) is 4.74 Å². The third kappa shape index (κ3) is 4.71. The van der Waals surface area contributed by atoms with Crippen molar-refractivity contribution in [2.45, 2.75) is 26.2 Å². The Morgan fingerprint density at radius 1 is 1.21 bits per heavy atom. The minimum atomic E-state index is 0.351. The van der Waals surface area contributed by atoms with Gasteiger partial charge in [0.2, 0.25) is 0 Å². The smallest absolute Gasteiger partial charge is 0.0546 e. The van der Waals surface area contributed by atoms with E-state index in [1.165, 1.54) is 52.0 Å². The van der Waals surface area contributed by atoms with E-state index in [1.54, 1.807) is 0 Å². The van der Waals surface area contributed by atoms with Crippen LogP contribution < -0.4 is 5.32 Å². The van der Waals surface area contributed by atoms with Crippen LogP contribution in [0, 0.1) is 5.41 Å². The summed E-state index contributed by atoms with van der Waals surface area (Å²) < 4.78 is 5.80. The Balaban J connectivity index is 1.85. The van der Waals surface area contributed by atoms with Crippen molar-refractivity contribution in [3.8, 4) is 0 Å². The van der Waals surface area contributed by atoms with Crippen molar-refractivity contribution < 1.29 is 4.74 Å². The maximum Gasteiger partial charge on any atom is 0.0546 e. The molecule has 2 fully saturated rings. The number of likely N-dealkylation sites (N-methyl/N-ethyl adjacent to an activating group) is 1. The Labute approximate surface area is 118 Å². The van der Waals surface area contributed by atoms with E-state index in [1.807, 2.05) is 0 Å². The molecule has 0 saturated carbocycles. The van der Waals surface area contributed by atoms with Crippen LogP contribution in [0.3, 0.4) is 0 Å². The highest BCUT2D eigenvalue weighted by molar-refractivity contribution is 4.88. The van der Waals surface area contributed by atoms with Crippen LogP contribution in [0.4, 0.5) is 0 Å². The van der Waals surface area contributed by atoms with Crippen molar-refractivity contribution in [3.05, 3.63) is 0 Å². The normalized spacial score (nSPS) is 30.6. The van der Waals surface area contributed by atoms with E-state index in [2.05, 4.69) is 29.1 Å². The summed E-state index contributed by atoms with van der Waals surface area (Å²) in [6.45, 7) is 12.4. The van der Waals surface area contributed by atoms with Crippen molar-refractivity contribution in [3.63, 3.8) is 0 Å². The molecule has 2 saturated heterocycles. The predicted molar refractivity (Wildman–Crippen MR) is 79.6 cm³/mol. The van der Waals surface area contributed by atoms with Crippen LogP contribution in [0.5, 0.6) is 0 Å². The highest BCUT2D eigenvalue weighted by Gasteiger charge is 2.35. The number of ether oxygens (including phenoxy) is 1. The summed E-state index contributed by atoms with van der Waals surface area (Å²) in [5, 5.41) is 3.63. The lowest BCUT2D eigenvalue weighted by Crippen LogP contribution is -2.53. The van der Waals surface area contributed by atoms with Gasteiger partial charge in [0.25, 0.3) is 0 Å². The molecule has 0 amide bonds. The van der Waals surface area contributed by atoms with Crippen LogP contribution in [-0.4, -0.2) is 75.9 Å². The highest BCUT2D eigenvalue weighted by Crippen LogP contribution is 2.29. The number of nitrogens with zero attached hydrogens (tertiary/aromatic N) is 2. The summed E-state index contributed by atoms with van der Waals surface area (Å²) in [5.41, 5.74) is 0.351. The van der Waals surface area contributed by atoms with Crippen molar-refractivity contribution in [2.24, 2.45) is 5.41 Å². The molecule has 112 valence electrons. The molecule has 2 aliphatic heterocycles. The van der Waals surface area contributed by atoms with Crippen LogP contribution in [0.2, 0.25) is 0 Å². The topological polar surface area (TPSA) is 27.7 Å². The molecule has 0 aliphatic carbocycles. The lowest BCUT2D eigenvalue weighted by molar-refractivity contribution is -0.0316. The summed E-state index contributed by atoms with van der Waals surface area (Å²) in [7, 11) is 2.22. The van der Waals surface area contributed by atoms with Crippen LogP contribution in [0.25, 0.3) is 0 Å². The Kier molecular flexibility index (Phi) is 6.07. The molecule has 1 unspecified atom stereocenters. The number of piperazine rings is 1. The lowest BCUT2D eigenvalue weighted by Gasteiger charge is -2.43. The molecule has 0 aromatic rings. The molecular weight excluding hydrogens is 238 g/mol. The molecule has 2 rings (SSSR count). The van der Waals surface area contributed by atoms with Gasteiger partial charge in [-0.05, 0) is 32.9 Å². The lowest BCUT2D eigenvalue weighted by atomic mass is 9.81. The van der Waals surface area contributed by atoms with E-state index >= 15 is 0 Å².